The molecule has 1 aliphatic heterocycles. The molecular formula is C25H29N3O2S. The maximum atomic E-state index is 13.2. The van der Waals surface area contributed by atoms with Crippen molar-refractivity contribution in [1.82, 2.24) is 0 Å². The third-order valence-electron chi connectivity index (χ3n) is 5.82. The van der Waals surface area contributed by atoms with Gasteiger partial charge in [0.05, 0.1) is 4.90 Å². The van der Waals surface area contributed by atoms with Crippen LogP contribution in [0.25, 0.3) is 0 Å². The van der Waals surface area contributed by atoms with E-state index in [4.69, 9.17) is 4.18 Å². The van der Waals surface area contributed by atoms with Gasteiger partial charge in [0.15, 0.2) is 16.7 Å². The van der Waals surface area contributed by atoms with Crippen molar-refractivity contribution in [2.75, 3.05) is 57.0 Å². The molecule has 4 rings (SSSR count). The standard InChI is InChI=1S/C25H29N3O2S/c1-26(2)20-11-7-18(8-12-20)25(19-9-13-21(14-10-19)27(3)4)23-16-15-22(28(5)6)17-24(23)31(29)30-25/h7-17H,1-6H3. The molecule has 3 aromatic carbocycles. The number of fused-ring (bicyclic) bond motifs is 1. The maximum absolute atomic E-state index is 13.2. The minimum absolute atomic E-state index is 0.722. The van der Waals surface area contributed by atoms with Crippen LogP contribution in [-0.4, -0.2) is 46.5 Å². The molecule has 1 heterocycles. The minimum Gasteiger partial charge on any atom is -0.378 e. The topological polar surface area (TPSA) is 36.0 Å². The molecule has 0 N–H and O–H groups in total. The number of nitrogens with zero attached hydrogens (tertiary/aromatic N) is 3. The fraction of sp³-hybridized carbons (Fsp3) is 0.280. The number of rotatable bonds is 5. The van der Waals surface area contributed by atoms with Crippen molar-refractivity contribution < 1.29 is 8.39 Å². The predicted molar refractivity (Wildman–Crippen MR) is 130 cm³/mol. The average molecular weight is 436 g/mol. The van der Waals surface area contributed by atoms with E-state index in [1.54, 1.807) is 0 Å². The van der Waals surface area contributed by atoms with Crippen LogP contribution >= 0.6 is 0 Å². The van der Waals surface area contributed by atoms with Gasteiger partial charge in [-0.05, 0) is 47.5 Å². The van der Waals surface area contributed by atoms with Crippen molar-refractivity contribution in [3.63, 3.8) is 0 Å². The van der Waals surface area contributed by atoms with E-state index in [1.807, 2.05) is 53.3 Å². The fourth-order valence-electron chi connectivity index (χ4n) is 3.98. The summed E-state index contributed by atoms with van der Waals surface area (Å²) in [5, 5.41) is 0. The summed E-state index contributed by atoms with van der Waals surface area (Å²) in [6, 6.07) is 22.7. The molecule has 0 spiro atoms. The van der Waals surface area contributed by atoms with Crippen LogP contribution in [0.1, 0.15) is 16.7 Å². The fourth-order valence-corrected chi connectivity index (χ4v) is 5.19. The molecule has 0 bridgehead atoms. The van der Waals surface area contributed by atoms with Crippen molar-refractivity contribution in [2.45, 2.75) is 10.5 Å². The Morgan fingerprint density at radius 1 is 0.645 bits per heavy atom. The Morgan fingerprint density at radius 2 is 1.06 bits per heavy atom. The van der Waals surface area contributed by atoms with E-state index in [0.717, 1.165) is 38.6 Å². The van der Waals surface area contributed by atoms with Gasteiger partial charge < -0.3 is 14.7 Å². The smallest absolute Gasteiger partial charge is 0.191 e. The molecule has 6 heteroatoms. The predicted octanol–water partition coefficient (Wildman–Crippen LogP) is 4.23. The van der Waals surface area contributed by atoms with Gasteiger partial charge in [-0.25, -0.2) is 4.21 Å². The molecule has 0 radical (unpaired) electrons. The van der Waals surface area contributed by atoms with Crippen LogP contribution in [0.4, 0.5) is 17.1 Å². The molecule has 31 heavy (non-hydrogen) atoms. The summed E-state index contributed by atoms with van der Waals surface area (Å²) in [6.45, 7) is 0. The molecule has 5 nitrogen and oxygen atoms in total. The Balaban J connectivity index is 1.94. The molecule has 0 saturated carbocycles. The van der Waals surface area contributed by atoms with Crippen LogP contribution in [0.2, 0.25) is 0 Å². The second kappa shape index (κ2) is 8.02. The van der Waals surface area contributed by atoms with Crippen molar-refractivity contribution in [1.29, 1.82) is 0 Å². The Bertz CT molecular complexity index is 1060. The molecule has 1 atom stereocenters. The third-order valence-corrected chi connectivity index (χ3v) is 6.92. The van der Waals surface area contributed by atoms with Crippen LogP contribution in [0.5, 0.6) is 0 Å². The van der Waals surface area contributed by atoms with Gasteiger partial charge in [0, 0.05) is 64.9 Å². The lowest BCUT2D eigenvalue weighted by atomic mass is 9.80. The second-order valence-corrected chi connectivity index (χ2v) is 9.53. The molecule has 0 fully saturated rings. The van der Waals surface area contributed by atoms with E-state index in [2.05, 4.69) is 70.5 Å². The second-order valence-electron chi connectivity index (χ2n) is 8.46. The lowest BCUT2D eigenvalue weighted by Gasteiger charge is -2.30. The monoisotopic (exact) mass is 435 g/mol. The Labute approximate surface area is 187 Å². The van der Waals surface area contributed by atoms with Gasteiger partial charge >= 0.3 is 0 Å². The SMILES string of the molecule is CN(C)c1ccc(C2(c3ccc(N(C)C)cc3)OS(=O)c3cc(N(C)C)ccc32)cc1. The van der Waals surface area contributed by atoms with Gasteiger partial charge in [-0.2, -0.15) is 0 Å². The number of hydrogen-bond donors (Lipinski definition) is 0. The average Bonchev–Trinajstić information content (AvgIpc) is 3.06. The van der Waals surface area contributed by atoms with Gasteiger partial charge in [-0.15, -0.1) is 0 Å². The Kier molecular flexibility index (Phi) is 5.54. The van der Waals surface area contributed by atoms with Gasteiger partial charge in [-0.1, -0.05) is 30.3 Å². The van der Waals surface area contributed by atoms with E-state index in [9.17, 15) is 4.21 Å². The largest absolute Gasteiger partial charge is 0.378 e. The van der Waals surface area contributed by atoms with E-state index < -0.39 is 16.7 Å². The van der Waals surface area contributed by atoms with Crippen molar-refractivity contribution in [2.24, 2.45) is 0 Å². The maximum Gasteiger partial charge on any atom is 0.191 e. The first-order valence-electron chi connectivity index (χ1n) is 10.2. The van der Waals surface area contributed by atoms with Crippen molar-refractivity contribution in [3.8, 4) is 0 Å². The van der Waals surface area contributed by atoms with Gasteiger partial charge in [-0.3, -0.25) is 4.18 Å². The van der Waals surface area contributed by atoms with E-state index in [0.29, 0.717) is 0 Å². The highest BCUT2D eigenvalue weighted by Crippen LogP contribution is 2.50. The molecule has 3 aromatic rings. The summed E-state index contributed by atoms with van der Waals surface area (Å²) in [4.78, 5) is 6.86. The van der Waals surface area contributed by atoms with Crippen molar-refractivity contribution >= 4 is 28.1 Å². The first-order valence-corrected chi connectivity index (χ1v) is 11.3. The molecule has 0 aromatic heterocycles. The first-order chi connectivity index (χ1) is 14.7. The van der Waals surface area contributed by atoms with E-state index in [1.165, 1.54) is 0 Å². The van der Waals surface area contributed by atoms with E-state index in [-0.39, 0.29) is 0 Å². The number of anilines is 3. The Hall–Kier alpha value is -2.83. The number of hydrogen-bond acceptors (Lipinski definition) is 5. The summed E-state index contributed by atoms with van der Waals surface area (Å²) in [6.07, 6.45) is 0. The first kappa shape index (κ1) is 21.4. The quantitative estimate of drug-likeness (QED) is 0.599. The third kappa shape index (κ3) is 3.60. The van der Waals surface area contributed by atoms with Crippen LogP contribution in [0.3, 0.4) is 0 Å². The minimum atomic E-state index is -1.57. The lowest BCUT2D eigenvalue weighted by Crippen LogP contribution is -2.29. The lowest BCUT2D eigenvalue weighted by molar-refractivity contribution is 0.193. The zero-order valence-electron chi connectivity index (χ0n) is 18.9. The Morgan fingerprint density at radius 3 is 1.48 bits per heavy atom. The highest BCUT2D eigenvalue weighted by atomic mass is 32.2. The molecular weight excluding hydrogens is 406 g/mol. The molecule has 0 aliphatic carbocycles. The zero-order valence-corrected chi connectivity index (χ0v) is 19.7. The summed E-state index contributed by atoms with van der Waals surface area (Å²) in [5.74, 6) is 0. The van der Waals surface area contributed by atoms with Crippen LogP contribution in [-0.2, 0) is 20.9 Å². The molecule has 162 valence electrons. The van der Waals surface area contributed by atoms with Crippen LogP contribution < -0.4 is 14.7 Å². The summed E-state index contributed by atoms with van der Waals surface area (Å²) < 4.78 is 19.6. The van der Waals surface area contributed by atoms with Gasteiger partial charge in [0.25, 0.3) is 0 Å². The highest BCUT2D eigenvalue weighted by Gasteiger charge is 2.48. The van der Waals surface area contributed by atoms with E-state index >= 15 is 0 Å². The molecule has 0 amide bonds. The van der Waals surface area contributed by atoms with Crippen LogP contribution in [0.15, 0.2) is 71.6 Å². The highest BCUT2D eigenvalue weighted by molar-refractivity contribution is 7.80. The zero-order chi connectivity index (χ0) is 22.3. The molecule has 0 saturated heterocycles. The van der Waals surface area contributed by atoms with Crippen molar-refractivity contribution in [3.05, 3.63) is 83.4 Å². The van der Waals surface area contributed by atoms with Crippen LogP contribution in [0, 0.1) is 0 Å². The summed E-state index contributed by atoms with van der Waals surface area (Å²) in [5.41, 5.74) is 5.11. The van der Waals surface area contributed by atoms with Gasteiger partial charge in [0.1, 0.15) is 0 Å². The summed E-state index contributed by atoms with van der Waals surface area (Å²) >= 11 is -1.57. The normalized spacial score (nSPS) is 16.6. The molecule has 1 aliphatic rings. The number of benzene rings is 3. The van der Waals surface area contributed by atoms with Gasteiger partial charge in [0.2, 0.25) is 0 Å². The molecule has 1 unspecified atom stereocenters. The summed E-state index contributed by atoms with van der Waals surface area (Å²) in [7, 11) is 12.0.